The van der Waals surface area contributed by atoms with Crippen molar-refractivity contribution in [2.75, 3.05) is 6.26 Å². The Morgan fingerprint density at radius 3 is 2.17 bits per heavy atom. The third-order valence-corrected chi connectivity index (χ3v) is 6.19. The molecule has 1 unspecified atom stereocenters. The smallest absolute Gasteiger partial charge is 0.181 e. The number of hydrogen-bond donors (Lipinski definition) is 0. The first-order valence-corrected chi connectivity index (χ1v) is 11.3. The fourth-order valence-electron chi connectivity index (χ4n) is 3.50. The van der Waals surface area contributed by atoms with Gasteiger partial charge < -0.3 is 4.42 Å². The van der Waals surface area contributed by atoms with Gasteiger partial charge in [0.05, 0.1) is 10.6 Å². The van der Waals surface area contributed by atoms with E-state index in [9.17, 15) is 12.8 Å². The molecule has 4 rings (SSSR count). The molecular formula is C24H20FNO3S. The normalized spacial score (nSPS) is 12.6. The van der Waals surface area contributed by atoms with Gasteiger partial charge in [-0.1, -0.05) is 42.5 Å². The molecule has 0 N–H and O–H groups in total. The summed E-state index contributed by atoms with van der Waals surface area (Å²) in [5.74, 6) is 0.280. The summed E-state index contributed by atoms with van der Waals surface area (Å²) in [7, 11) is -3.27. The number of halogens is 1. The second-order valence-electron chi connectivity index (χ2n) is 7.14. The zero-order chi connectivity index (χ0) is 21.1. The summed E-state index contributed by atoms with van der Waals surface area (Å²) >= 11 is 0. The molecule has 0 aliphatic carbocycles. The number of nitrogens with zero attached hydrogens (tertiary/aromatic N) is 1. The van der Waals surface area contributed by atoms with Crippen LogP contribution in [0.25, 0.3) is 11.3 Å². The number of rotatable bonds is 6. The lowest BCUT2D eigenvalue weighted by atomic mass is 9.87. The van der Waals surface area contributed by atoms with Crippen molar-refractivity contribution in [3.05, 3.63) is 108 Å². The molecule has 1 aromatic heterocycles. The molecule has 0 spiro atoms. The monoisotopic (exact) mass is 421 g/mol. The summed E-state index contributed by atoms with van der Waals surface area (Å²) in [6, 6.07) is 23.0. The third-order valence-electron chi connectivity index (χ3n) is 5.06. The van der Waals surface area contributed by atoms with Crippen LogP contribution in [0.4, 0.5) is 4.39 Å². The van der Waals surface area contributed by atoms with Crippen LogP contribution in [0.5, 0.6) is 0 Å². The molecule has 30 heavy (non-hydrogen) atoms. The Balaban J connectivity index is 1.70. The average Bonchev–Trinajstić information content (AvgIpc) is 3.21. The van der Waals surface area contributed by atoms with Crippen LogP contribution in [0, 0.1) is 5.82 Å². The SMILES string of the molecule is CS(=O)(=O)c1ccc(-c2ocnc2CC(c2ccccc2)c2ccc(F)cc2)cc1. The number of aromatic nitrogens is 1. The van der Waals surface area contributed by atoms with Gasteiger partial charge in [0.1, 0.15) is 5.82 Å². The molecule has 0 saturated carbocycles. The van der Waals surface area contributed by atoms with Gasteiger partial charge in [-0.25, -0.2) is 17.8 Å². The highest BCUT2D eigenvalue weighted by atomic mass is 32.2. The Morgan fingerprint density at radius 1 is 0.900 bits per heavy atom. The van der Waals surface area contributed by atoms with E-state index in [2.05, 4.69) is 4.98 Å². The molecule has 1 atom stereocenters. The standard InChI is InChI=1S/C24H20FNO3S/c1-30(27,28)21-13-9-19(10-14-21)24-23(26-16-29-24)15-22(17-5-3-2-4-6-17)18-7-11-20(25)12-8-18/h2-14,16,22H,15H2,1H3. The predicted molar refractivity (Wildman–Crippen MR) is 113 cm³/mol. The Hall–Kier alpha value is -3.25. The minimum Gasteiger partial charge on any atom is -0.443 e. The van der Waals surface area contributed by atoms with Crippen LogP contribution in [-0.4, -0.2) is 19.7 Å². The first kappa shape index (κ1) is 20.0. The van der Waals surface area contributed by atoms with Crippen molar-refractivity contribution in [3.63, 3.8) is 0 Å². The van der Waals surface area contributed by atoms with Crippen LogP contribution in [0.15, 0.2) is 94.6 Å². The maximum atomic E-state index is 13.5. The second kappa shape index (κ2) is 8.24. The molecule has 0 aliphatic heterocycles. The lowest BCUT2D eigenvalue weighted by Gasteiger charge is -2.17. The maximum absolute atomic E-state index is 13.5. The maximum Gasteiger partial charge on any atom is 0.181 e. The average molecular weight is 421 g/mol. The molecule has 3 aromatic carbocycles. The highest BCUT2D eigenvalue weighted by Crippen LogP contribution is 2.32. The minimum atomic E-state index is -3.27. The van der Waals surface area contributed by atoms with Crippen LogP contribution in [0.2, 0.25) is 0 Å². The fourth-order valence-corrected chi connectivity index (χ4v) is 4.14. The molecule has 0 aliphatic rings. The van der Waals surface area contributed by atoms with Gasteiger partial charge in [-0.05, 0) is 47.5 Å². The molecule has 6 heteroatoms. The van der Waals surface area contributed by atoms with Gasteiger partial charge in [0.2, 0.25) is 0 Å². The Morgan fingerprint density at radius 2 is 1.53 bits per heavy atom. The molecule has 0 bridgehead atoms. The third kappa shape index (κ3) is 4.33. The van der Waals surface area contributed by atoms with Crippen molar-refractivity contribution in [2.24, 2.45) is 0 Å². The number of oxazole rings is 1. The molecule has 0 saturated heterocycles. The van der Waals surface area contributed by atoms with E-state index < -0.39 is 9.84 Å². The van der Waals surface area contributed by atoms with Crippen molar-refractivity contribution in [3.8, 4) is 11.3 Å². The molecule has 4 nitrogen and oxygen atoms in total. The number of hydrogen-bond acceptors (Lipinski definition) is 4. The first-order valence-electron chi connectivity index (χ1n) is 9.45. The molecular weight excluding hydrogens is 401 g/mol. The van der Waals surface area contributed by atoms with E-state index in [0.717, 1.165) is 22.4 Å². The van der Waals surface area contributed by atoms with Crippen LogP contribution in [0.1, 0.15) is 22.7 Å². The van der Waals surface area contributed by atoms with E-state index in [1.54, 1.807) is 36.4 Å². The van der Waals surface area contributed by atoms with Gasteiger partial charge >= 0.3 is 0 Å². The van der Waals surface area contributed by atoms with E-state index in [1.807, 2.05) is 30.3 Å². The van der Waals surface area contributed by atoms with Gasteiger partial charge in [-0.2, -0.15) is 0 Å². The van der Waals surface area contributed by atoms with E-state index in [-0.39, 0.29) is 16.6 Å². The van der Waals surface area contributed by atoms with Crippen molar-refractivity contribution < 1.29 is 17.2 Å². The Bertz CT molecular complexity index is 1230. The van der Waals surface area contributed by atoms with Crippen molar-refractivity contribution in [1.82, 2.24) is 4.98 Å². The van der Waals surface area contributed by atoms with E-state index in [4.69, 9.17) is 4.42 Å². The Labute approximate surface area is 175 Å². The van der Waals surface area contributed by atoms with Gasteiger partial charge in [-0.3, -0.25) is 0 Å². The molecule has 0 amide bonds. The van der Waals surface area contributed by atoms with Gasteiger partial charge in [-0.15, -0.1) is 0 Å². The second-order valence-corrected chi connectivity index (χ2v) is 9.16. The van der Waals surface area contributed by atoms with Gasteiger partial charge in [0.15, 0.2) is 22.0 Å². The quantitative estimate of drug-likeness (QED) is 0.426. The highest BCUT2D eigenvalue weighted by molar-refractivity contribution is 7.90. The molecule has 0 radical (unpaired) electrons. The van der Waals surface area contributed by atoms with Gasteiger partial charge in [0, 0.05) is 24.2 Å². The summed E-state index contributed by atoms with van der Waals surface area (Å²) in [5.41, 5.74) is 3.57. The largest absolute Gasteiger partial charge is 0.443 e. The minimum absolute atomic E-state index is 0.0362. The predicted octanol–water partition coefficient (Wildman–Crippen LogP) is 5.26. The molecule has 0 fully saturated rings. The Kier molecular flexibility index (Phi) is 5.50. The number of sulfone groups is 1. The fraction of sp³-hybridized carbons (Fsp3) is 0.125. The molecule has 4 aromatic rings. The first-order chi connectivity index (χ1) is 14.4. The zero-order valence-electron chi connectivity index (χ0n) is 16.3. The van der Waals surface area contributed by atoms with Crippen LogP contribution in [0.3, 0.4) is 0 Å². The van der Waals surface area contributed by atoms with E-state index in [1.165, 1.54) is 24.8 Å². The highest BCUT2D eigenvalue weighted by Gasteiger charge is 2.20. The lowest BCUT2D eigenvalue weighted by molar-refractivity contribution is 0.570. The summed E-state index contributed by atoms with van der Waals surface area (Å²) in [5, 5.41) is 0. The lowest BCUT2D eigenvalue weighted by Crippen LogP contribution is -2.06. The van der Waals surface area contributed by atoms with Crippen LogP contribution >= 0.6 is 0 Å². The summed E-state index contributed by atoms with van der Waals surface area (Å²) < 4.78 is 42.5. The molecule has 152 valence electrons. The van der Waals surface area contributed by atoms with Crippen molar-refractivity contribution >= 4 is 9.84 Å². The van der Waals surface area contributed by atoms with Crippen molar-refractivity contribution in [1.29, 1.82) is 0 Å². The van der Waals surface area contributed by atoms with E-state index >= 15 is 0 Å². The zero-order valence-corrected chi connectivity index (χ0v) is 17.1. The summed E-state index contributed by atoms with van der Waals surface area (Å²) in [6.07, 6.45) is 3.12. The van der Waals surface area contributed by atoms with Crippen LogP contribution < -0.4 is 0 Å². The van der Waals surface area contributed by atoms with E-state index in [0.29, 0.717) is 12.2 Å². The van der Waals surface area contributed by atoms with Gasteiger partial charge in [0.25, 0.3) is 0 Å². The topological polar surface area (TPSA) is 60.2 Å². The summed E-state index contributed by atoms with van der Waals surface area (Å²) in [6.45, 7) is 0. The molecule has 1 heterocycles. The van der Waals surface area contributed by atoms with Crippen LogP contribution in [-0.2, 0) is 16.3 Å². The number of benzene rings is 3. The van der Waals surface area contributed by atoms with Crippen molar-refractivity contribution in [2.45, 2.75) is 17.2 Å². The summed E-state index contributed by atoms with van der Waals surface area (Å²) in [4.78, 5) is 4.66.